The summed E-state index contributed by atoms with van der Waals surface area (Å²) >= 11 is 0. The van der Waals surface area contributed by atoms with Gasteiger partial charge in [0.05, 0.1) is 5.69 Å². The summed E-state index contributed by atoms with van der Waals surface area (Å²) in [6, 6.07) is 2.80. The number of rotatable bonds is 5. The molecular formula is C16H25N5. The molecule has 1 aliphatic heterocycles. The predicted octanol–water partition coefficient (Wildman–Crippen LogP) is 2.18. The molecule has 21 heavy (non-hydrogen) atoms. The number of hydrogen-bond acceptors (Lipinski definition) is 5. The van der Waals surface area contributed by atoms with Crippen molar-refractivity contribution in [1.82, 2.24) is 15.5 Å². The summed E-state index contributed by atoms with van der Waals surface area (Å²) in [6.07, 6.45) is 2.42. The van der Waals surface area contributed by atoms with E-state index in [-0.39, 0.29) is 0 Å². The summed E-state index contributed by atoms with van der Waals surface area (Å²) in [5.41, 5.74) is 2.44. The fourth-order valence-electron chi connectivity index (χ4n) is 2.82. The van der Waals surface area contributed by atoms with E-state index in [2.05, 4.69) is 40.3 Å². The van der Waals surface area contributed by atoms with Gasteiger partial charge in [-0.25, -0.2) is 0 Å². The molecule has 0 bridgehead atoms. The zero-order valence-electron chi connectivity index (χ0n) is 13.5. The Hall–Kier alpha value is -1.67. The van der Waals surface area contributed by atoms with Gasteiger partial charge in [0.15, 0.2) is 5.82 Å². The highest BCUT2D eigenvalue weighted by Gasteiger charge is 2.23. The van der Waals surface area contributed by atoms with Crippen molar-refractivity contribution < 1.29 is 0 Å². The Morgan fingerprint density at radius 1 is 1.38 bits per heavy atom. The average Bonchev–Trinajstić information content (AvgIpc) is 2.93. The number of aryl methyl sites for hydroxylation is 1. The van der Waals surface area contributed by atoms with Gasteiger partial charge in [0.2, 0.25) is 0 Å². The third kappa shape index (κ3) is 3.70. The van der Waals surface area contributed by atoms with E-state index in [1.807, 2.05) is 13.8 Å². The molecule has 1 saturated heterocycles. The zero-order valence-corrected chi connectivity index (χ0v) is 13.5. The van der Waals surface area contributed by atoms with Crippen LogP contribution in [0.4, 0.5) is 5.82 Å². The Labute approximate surface area is 127 Å². The Morgan fingerprint density at radius 2 is 2.14 bits per heavy atom. The fourth-order valence-corrected chi connectivity index (χ4v) is 2.82. The van der Waals surface area contributed by atoms with E-state index in [9.17, 15) is 5.26 Å². The van der Waals surface area contributed by atoms with Gasteiger partial charge in [0, 0.05) is 19.1 Å². The zero-order chi connectivity index (χ0) is 15.4. The minimum Gasteiger partial charge on any atom is -0.352 e. The van der Waals surface area contributed by atoms with Crippen LogP contribution in [0.1, 0.15) is 43.5 Å². The summed E-state index contributed by atoms with van der Waals surface area (Å²) in [5, 5.41) is 21.6. The molecule has 1 N–H and O–H groups in total. The molecule has 5 heteroatoms. The summed E-state index contributed by atoms with van der Waals surface area (Å²) in [7, 11) is 0. The molecule has 5 nitrogen and oxygen atoms in total. The Bertz CT molecular complexity index is 526. The van der Waals surface area contributed by atoms with Crippen molar-refractivity contribution in [3.05, 3.63) is 16.8 Å². The van der Waals surface area contributed by atoms with E-state index in [1.165, 1.54) is 12.8 Å². The first-order valence-corrected chi connectivity index (χ1v) is 7.75. The first-order chi connectivity index (χ1) is 10.0. The van der Waals surface area contributed by atoms with Gasteiger partial charge in [0.25, 0.3) is 0 Å². The minimum atomic E-state index is 0.485. The summed E-state index contributed by atoms with van der Waals surface area (Å²) in [5.74, 6) is 1.25. The van der Waals surface area contributed by atoms with Crippen molar-refractivity contribution in [2.45, 2.75) is 46.6 Å². The quantitative estimate of drug-likeness (QED) is 0.899. The lowest BCUT2D eigenvalue weighted by Gasteiger charge is -2.29. The molecule has 2 rings (SSSR count). The first kappa shape index (κ1) is 15.7. The lowest BCUT2D eigenvalue weighted by molar-refractivity contribution is 0.535. The summed E-state index contributed by atoms with van der Waals surface area (Å²) in [4.78, 5) is 2.23. The van der Waals surface area contributed by atoms with E-state index in [1.54, 1.807) is 0 Å². The summed E-state index contributed by atoms with van der Waals surface area (Å²) < 4.78 is 0. The highest BCUT2D eigenvalue weighted by Crippen LogP contribution is 2.23. The predicted molar refractivity (Wildman–Crippen MR) is 84.3 cm³/mol. The molecule has 0 amide bonds. The van der Waals surface area contributed by atoms with E-state index in [4.69, 9.17) is 0 Å². The molecule has 1 aromatic rings. The number of aromatic nitrogens is 2. The van der Waals surface area contributed by atoms with Crippen molar-refractivity contribution in [3.8, 4) is 6.07 Å². The monoisotopic (exact) mass is 287 g/mol. The number of nitrogens with zero attached hydrogens (tertiary/aromatic N) is 4. The molecule has 1 aromatic heterocycles. The molecule has 0 spiro atoms. The fraction of sp³-hybridized carbons (Fsp3) is 0.688. The highest BCUT2D eigenvalue weighted by molar-refractivity contribution is 5.57. The van der Waals surface area contributed by atoms with Crippen LogP contribution < -0.4 is 10.2 Å². The molecule has 1 unspecified atom stereocenters. The second-order valence-corrected chi connectivity index (χ2v) is 6.31. The van der Waals surface area contributed by atoms with Gasteiger partial charge in [-0.15, -0.1) is 5.10 Å². The SMILES string of the molecule is Cc1nnc(N(CC(C)C)CC2CCCN2)c(C#N)c1C. The molecular weight excluding hydrogens is 262 g/mol. The van der Waals surface area contributed by atoms with Gasteiger partial charge >= 0.3 is 0 Å². The number of anilines is 1. The number of nitrogens with one attached hydrogen (secondary N) is 1. The van der Waals surface area contributed by atoms with Gasteiger partial charge in [-0.2, -0.15) is 10.4 Å². The van der Waals surface area contributed by atoms with Crippen LogP contribution in [-0.4, -0.2) is 35.9 Å². The molecule has 2 heterocycles. The van der Waals surface area contributed by atoms with Crippen molar-refractivity contribution >= 4 is 5.82 Å². The van der Waals surface area contributed by atoms with Gasteiger partial charge in [-0.05, 0) is 44.7 Å². The molecule has 0 saturated carbocycles. The Morgan fingerprint density at radius 3 is 2.71 bits per heavy atom. The van der Waals surface area contributed by atoms with Crippen molar-refractivity contribution in [1.29, 1.82) is 5.26 Å². The molecule has 0 radical (unpaired) electrons. The number of hydrogen-bond donors (Lipinski definition) is 1. The van der Waals surface area contributed by atoms with Crippen LogP contribution in [0.15, 0.2) is 0 Å². The van der Waals surface area contributed by atoms with E-state index in [0.29, 0.717) is 17.5 Å². The van der Waals surface area contributed by atoms with Crippen molar-refractivity contribution in [2.75, 3.05) is 24.5 Å². The molecule has 0 aromatic carbocycles. The van der Waals surface area contributed by atoms with Crippen LogP contribution in [0.25, 0.3) is 0 Å². The van der Waals surface area contributed by atoms with Gasteiger partial charge in [-0.3, -0.25) is 0 Å². The largest absolute Gasteiger partial charge is 0.352 e. The normalized spacial score (nSPS) is 18.0. The van der Waals surface area contributed by atoms with E-state index >= 15 is 0 Å². The number of nitriles is 1. The molecule has 114 valence electrons. The van der Waals surface area contributed by atoms with Crippen LogP contribution in [0, 0.1) is 31.1 Å². The highest BCUT2D eigenvalue weighted by atomic mass is 15.3. The van der Waals surface area contributed by atoms with Crippen LogP contribution in [0.5, 0.6) is 0 Å². The van der Waals surface area contributed by atoms with Gasteiger partial charge in [-0.1, -0.05) is 13.8 Å². The van der Waals surface area contributed by atoms with Gasteiger partial charge in [0.1, 0.15) is 11.6 Å². The topological polar surface area (TPSA) is 64.8 Å². The van der Waals surface area contributed by atoms with Crippen LogP contribution in [0.3, 0.4) is 0 Å². The third-order valence-electron chi connectivity index (χ3n) is 4.04. The summed E-state index contributed by atoms with van der Waals surface area (Å²) in [6.45, 7) is 11.1. The van der Waals surface area contributed by atoms with E-state index in [0.717, 1.165) is 36.7 Å². The molecule has 1 fully saturated rings. The van der Waals surface area contributed by atoms with Crippen LogP contribution >= 0.6 is 0 Å². The maximum absolute atomic E-state index is 9.51. The molecule has 0 aliphatic carbocycles. The lowest BCUT2D eigenvalue weighted by atomic mass is 10.1. The first-order valence-electron chi connectivity index (χ1n) is 7.75. The Kier molecular flexibility index (Phi) is 5.13. The average molecular weight is 287 g/mol. The van der Waals surface area contributed by atoms with Crippen molar-refractivity contribution in [2.24, 2.45) is 5.92 Å². The Balaban J connectivity index is 2.31. The molecule has 1 aliphatic rings. The lowest BCUT2D eigenvalue weighted by Crippen LogP contribution is -2.40. The maximum atomic E-state index is 9.51. The van der Waals surface area contributed by atoms with Gasteiger partial charge < -0.3 is 10.2 Å². The second-order valence-electron chi connectivity index (χ2n) is 6.31. The standard InChI is InChI=1S/C16H25N5/c1-11(2)9-21(10-14-6-5-7-18-14)16-15(8-17)12(3)13(4)19-20-16/h11,14,18H,5-7,9-10H2,1-4H3. The van der Waals surface area contributed by atoms with Crippen LogP contribution in [-0.2, 0) is 0 Å². The third-order valence-corrected chi connectivity index (χ3v) is 4.04. The van der Waals surface area contributed by atoms with Crippen molar-refractivity contribution in [3.63, 3.8) is 0 Å². The van der Waals surface area contributed by atoms with E-state index < -0.39 is 0 Å². The van der Waals surface area contributed by atoms with Crippen LogP contribution in [0.2, 0.25) is 0 Å². The molecule has 1 atom stereocenters. The maximum Gasteiger partial charge on any atom is 0.169 e. The second kappa shape index (κ2) is 6.86. The minimum absolute atomic E-state index is 0.485. The smallest absolute Gasteiger partial charge is 0.169 e.